The Bertz CT molecular complexity index is 677. The lowest BCUT2D eigenvalue weighted by molar-refractivity contribution is 0.0697. The van der Waals surface area contributed by atoms with Crippen LogP contribution in [0.1, 0.15) is 15.9 Å². The van der Waals surface area contributed by atoms with Crippen molar-refractivity contribution in [3.8, 4) is 11.3 Å². The molecule has 5 nitrogen and oxygen atoms in total. The quantitative estimate of drug-likeness (QED) is 0.943. The van der Waals surface area contributed by atoms with Crippen molar-refractivity contribution in [2.45, 2.75) is 6.92 Å². The third-order valence-electron chi connectivity index (χ3n) is 3.72. The number of hydrogen-bond donors (Lipinski definition) is 1. The Morgan fingerprint density at radius 1 is 1.18 bits per heavy atom. The summed E-state index contributed by atoms with van der Waals surface area (Å²) in [6, 6.07) is 10.9. The lowest BCUT2D eigenvalue weighted by Crippen LogP contribution is -2.36. The van der Waals surface area contributed by atoms with Crippen LogP contribution in [-0.2, 0) is 4.74 Å². The van der Waals surface area contributed by atoms with E-state index in [4.69, 9.17) is 14.8 Å². The predicted octanol–water partition coefficient (Wildman–Crippen LogP) is 2.59. The Morgan fingerprint density at radius 3 is 2.50 bits per heavy atom. The number of aryl methyl sites for hydroxylation is 1. The summed E-state index contributed by atoms with van der Waals surface area (Å²) in [5.41, 5.74) is 3.19. The first-order valence-corrected chi connectivity index (χ1v) is 7.28. The number of carboxylic acid groups (broad SMARTS) is 1. The SMILES string of the molecule is Cc1cc(-c2ccc(C(=O)O)cc2)nc(N2CCOCC2)c1. The average Bonchev–Trinajstić information content (AvgIpc) is 2.55. The van der Waals surface area contributed by atoms with E-state index in [1.807, 2.05) is 13.0 Å². The number of ether oxygens (including phenoxy) is 1. The van der Waals surface area contributed by atoms with E-state index >= 15 is 0 Å². The molecule has 0 unspecified atom stereocenters. The van der Waals surface area contributed by atoms with E-state index in [2.05, 4.69) is 11.0 Å². The Kier molecular flexibility index (Phi) is 4.06. The van der Waals surface area contributed by atoms with Crippen LogP contribution in [0.25, 0.3) is 11.3 Å². The summed E-state index contributed by atoms with van der Waals surface area (Å²) in [5, 5.41) is 8.97. The fraction of sp³-hybridized carbons (Fsp3) is 0.294. The first-order valence-electron chi connectivity index (χ1n) is 7.28. The number of aromatic nitrogens is 1. The summed E-state index contributed by atoms with van der Waals surface area (Å²) in [6.45, 7) is 5.17. The molecule has 114 valence electrons. The van der Waals surface area contributed by atoms with Gasteiger partial charge in [0.1, 0.15) is 5.82 Å². The van der Waals surface area contributed by atoms with Crippen molar-refractivity contribution in [2.75, 3.05) is 31.2 Å². The second-order valence-corrected chi connectivity index (χ2v) is 5.37. The summed E-state index contributed by atoms with van der Waals surface area (Å²) in [4.78, 5) is 17.9. The Hall–Kier alpha value is -2.40. The van der Waals surface area contributed by atoms with Gasteiger partial charge >= 0.3 is 5.97 Å². The Balaban J connectivity index is 1.92. The van der Waals surface area contributed by atoms with Crippen LogP contribution in [0, 0.1) is 6.92 Å². The maximum atomic E-state index is 10.9. The molecule has 1 aliphatic heterocycles. The van der Waals surface area contributed by atoms with Crippen molar-refractivity contribution in [3.63, 3.8) is 0 Å². The molecule has 5 heteroatoms. The van der Waals surface area contributed by atoms with Gasteiger partial charge in [-0.2, -0.15) is 0 Å². The molecule has 1 aromatic carbocycles. The Labute approximate surface area is 129 Å². The molecule has 2 heterocycles. The summed E-state index contributed by atoms with van der Waals surface area (Å²) >= 11 is 0. The zero-order valence-corrected chi connectivity index (χ0v) is 12.5. The first-order chi connectivity index (χ1) is 10.6. The van der Waals surface area contributed by atoms with Gasteiger partial charge in [0.15, 0.2) is 0 Å². The molecule has 0 atom stereocenters. The normalized spacial score (nSPS) is 14.9. The predicted molar refractivity (Wildman–Crippen MR) is 84.4 cm³/mol. The van der Waals surface area contributed by atoms with E-state index in [0.29, 0.717) is 0 Å². The lowest BCUT2D eigenvalue weighted by atomic mass is 10.1. The number of morpholine rings is 1. The molecule has 0 saturated carbocycles. The van der Waals surface area contributed by atoms with Gasteiger partial charge < -0.3 is 14.7 Å². The zero-order valence-electron chi connectivity index (χ0n) is 12.5. The summed E-state index contributed by atoms with van der Waals surface area (Å²) in [5.74, 6) is 0.0263. The van der Waals surface area contributed by atoms with Gasteiger partial charge in [-0.15, -0.1) is 0 Å². The van der Waals surface area contributed by atoms with Crippen LogP contribution >= 0.6 is 0 Å². The summed E-state index contributed by atoms with van der Waals surface area (Å²) < 4.78 is 5.38. The van der Waals surface area contributed by atoms with Gasteiger partial charge in [0.2, 0.25) is 0 Å². The van der Waals surface area contributed by atoms with E-state index in [1.54, 1.807) is 24.3 Å². The number of hydrogen-bond acceptors (Lipinski definition) is 4. The van der Waals surface area contributed by atoms with Crippen molar-refractivity contribution in [1.29, 1.82) is 0 Å². The molecule has 0 amide bonds. The fourth-order valence-electron chi connectivity index (χ4n) is 2.53. The smallest absolute Gasteiger partial charge is 0.335 e. The molecule has 2 aromatic rings. The number of rotatable bonds is 3. The molecule has 0 aliphatic carbocycles. The highest BCUT2D eigenvalue weighted by Crippen LogP contribution is 2.24. The molecule has 22 heavy (non-hydrogen) atoms. The summed E-state index contributed by atoms with van der Waals surface area (Å²) in [6.07, 6.45) is 0. The van der Waals surface area contributed by atoms with Crippen molar-refractivity contribution < 1.29 is 14.6 Å². The molecule has 1 saturated heterocycles. The van der Waals surface area contributed by atoms with Crippen LogP contribution in [0.3, 0.4) is 0 Å². The zero-order chi connectivity index (χ0) is 15.5. The van der Waals surface area contributed by atoms with Gasteiger partial charge in [0.25, 0.3) is 0 Å². The van der Waals surface area contributed by atoms with Crippen LogP contribution in [0.2, 0.25) is 0 Å². The topological polar surface area (TPSA) is 62.7 Å². The van der Waals surface area contributed by atoms with Crippen molar-refractivity contribution in [2.24, 2.45) is 0 Å². The van der Waals surface area contributed by atoms with Crippen LogP contribution < -0.4 is 4.90 Å². The third-order valence-corrected chi connectivity index (χ3v) is 3.72. The average molecular weight is 298 g/mol. The minimum Gasteiger partial charge on any atom is -0.478 e. The van der Waals surface area contributed by atoms with Crippen molar-refractivity contribution in [1.82, 2.24) is 4.98 Å². The largest absolute Gasteiger partial charge is 0.478 e. The second kappa shape index (κ2) is 6.15. The highest BCUT2D eigenvalue weighted by atomic mass is 16.5. The summed E-state index contributed by atoms with van der Waals surface area (Å²) in [7, 11) is 0. The molecule has 1 fully saturated rings. The third kappa shape index (κ3) is 3.09. The standard InChI is InChI=1S/C17H18N2O3/c1-12-10-15(13-2-4-14(5-3-13)17(20)21)18-16(11-12)19-6-8-22-9-7-19/h2-5,10-11H,6-9H2,1H3,(H,20,21). The van der Waals surface area contributed by atoms with Crippen LogP contribution in [0.15, 0.2) is 36.4 Å². The number of carbonyl (C=O) groups is 1. The fourth-order valence-corrected chi connectivity index (χ4v) is 2.53. The molecular formula is C17H18N2O3. The van der Waals surface area contributed by atoms with Crippen LogP contribution in [0.5, 0.6) is 0 Å². The van der Waals surface area contributed by atoms with Gasteiger partial charge in [0.05, 0.1) is 24.5 Å². The molecular weight excluding hydrogens is 280 g/mol. The number of pyridine rings is 1. The Morgan fingerprint density at radius 2 is 1.86 bits per heavy atom. The highest BCUT2D eigenvalue weighted by Gasteiger charge is 2.14. The molecule has 0 bridgehead atoms. The van der Waals surface area contributed by atoms with Gasteiger partial charge in [0, 0.05) is 18.7 Å². The molecule has 1 aromatic heterocycles. The molecule has 0 radical (unpaired) electrons. The number of nitrogens with zero attached hydrogens (tertiary/aromatic N) is 2. The molecule has 1 aliphatic rings. The maximum absolute atomic E-state index is 10.9. The highest BCUT2D eigenvalue weighted by molar-refractivity contribution is 5.88. The van der Waals surface area contributed by atoms with Gasteiger partial charge in [-0.3, -0.25) is 0 Å². The second-order valence-electron chi connectivity index (χ2n) is 5.37. The monoisotopic (exact) mass is 298 g/mol. The van der Waals surface area contributed by atoms with Crippen LogP contribution in [0.4, 0.5) is 5.82 Å². The first kappa shape index (κ1) is 14.5. The van der Waals surface area contributed by atoms with E-state index in [9.17, 15) is 4.79 Å². The van der Waals surface area contributed by atoms with Crippen molar-refractivity contribution in [3.05, 3.63) is 47.5 Å². The van der Waals surface area contributed by atoms with Crippen molar-refractivity contribution >= 4 is 11.8 Å². The lowest BCUT2D eigenvalue weighted by Gasteiger charge is -2.28. The van der Waals surface area contributed by atoms with Crippen LogP contribution in [-0.4, -0.2) is 42.4 Å². The van der Waals surface area contributed by atoms with E-state index in [-0.39, 0.29) is 5.56 Å². The molecule has 3 rings (SSSR count). The number of aromatic carboxylic acids is 1. The minimum absolute atomic E-state index is 0.282. The van der Waals surface area contributed by atoms with Gasteiger partial charge in [-0.25, -0.2) is 9.78 Å². The van der Waals surface area contributed by atoms with E-state index in [0.717, 1.165) is 48.9 Å². The molecule has 1 N–H and O–H groups in total. The van der Waals surface area contributed by atoms with E-state index in [1.165, 1.54) is 0 Å². The van der Waals surface area contributed by atoms with Gasteiger partial charge in [-0.1, -0.05) is 12.1 Å². The van der Waals surface area contributed by atoms with E-state index < -0.39 is 5.97 Å². The maximum Gasteiger partial charge on any atom is 0.335 e. The molecule has 0 spiro atoms. The minimum atomic E-state index is -0.919. The number of anilines is 1. The van der Waals surface area contributed by atoms with Gasteiger partial charge in [-0.05, 0) is 36.8 Å². The number of benzene rings is 1. The number of carboxylic acids is 1.